The van der Waals surface area contributed by atoms with Crippen LogP contribution in [0.2, 0.25) is 0 Å². The monoisotopic (exact) mass is 233 g/mol. The lowest BCUT2D eigenvalue weighted by atomic mass is 9.82. The highest BCUT2D eigenvalue weighted by Gasteiger charge is 2.25. The summed E-state index contributed by atoms with van der Waals surface area (Å²) in [5.41, 5.74) is 8.58. The van der Waals surface area contributed by atoms with Crippen LogP contribution in [0, 0.1) is 5.92 Å². The number of aromatic amines is 1. The largest absolute Gasteiger partial charge is 0.417 e. The number of hydrogen-bond acceptors (Lipinski definition) is 4. The average Bonchev–Trinajstić information content (AvgIpc) is 2.55. The summed E-state index contributed by atoms with van der Waals surface area (Å²) in [6, 6.07) is 4.00. The van der Waals surface area contributed by atoms with Gasteiger partial charge >= 0.3 is 5.76 Å². The first-order chi connectivity index (χ1) is 8.11. The van der Waals surface area contributed by atoms with Crippen molar-refractivity contribution in [3.8, 4) is 0 Å². The molecule has 1 aliphatic carbocycles. The van der Waals surface area contributed by atoms with Gasteiger partial charge in [0.15, 0.2) is 5.58 Å². The maximum absolute atomic E-state index is 11.1. The predicted molar refractivity (Wildman–Crippen MR) is 67.1 cm³/mol. The summed E-state index contributed by atoms with van der Waals surface area (Å²) in [4.78, 5) is 13.7. The molecule has 0 radical (unpaired) electrons. The standard InChI is InChI=1S/C12H15N3O2/c1-6-2-7(3-6)14-9-5-10-11(4-8(9)13)17-12(16)15-10/h4-7,14H,2-3,13H2,1H3,(H,15,16). The van der Waals surface area contributed by atoms with E-state index in [-0.39, 0.29) is 0 Å². The van der Waals surface area contributed by atoms with E-state index in [1.807, 2.05) is 6.07 Å². The highest BCUT2D eigenvalue weighted by Crippen LogP contribution is 2.32. The van der Waals surface area contributed by atoms with Crippen molar-refractivity contribution in [1.82, 2.24) is 4.98 Å². The Morgan fingerprint density at radius 1 is 1.47 bits per heavy atom. The molecule has 4 N–H and O–H groups in total. The maximum atomic E-state index is 11.1. The van der Waals surface area contributed by atoms with Crippen LogP contribution in [-0.4, -0.2) is 11.0 Å². The van der Waals surface area contributed by atoms with Crippen molar-refractivity contribution < 1.29 is 4.42 Å². The van der Waals surface area contributed by atoms with Gasteiger partial charge in [0.05, 0.1) is 16.9 Å². The van der Waals surface area contributed by atoms with E-state index in [1.165, 1.54) is 12.8 Å². The van der Waals surface area contributed by atoms with Gasteiger partial charge in [0.2, 0.25) is 0 Å². The van der Waals surface area contributed by atoms with Crippen LogP contribution in [0.5, 0.6) is 0 Å². The summed E-state index contributed by atoms with van der Waals surface area (Å²) in [6.45, 7) is 2.23. The van der Waals surface area contributed by atoms with Gasteiger partial charge in [-0.15, -0.1) is 0 Å². The Morgan fingerprint density at radius 2 is 2.24 bits per heavy atom. The fourth-order valence-corrected chi connectivity index (χ4v) is 2.38. The number of nitrogens with two attached hydrogens (primary N) is 1. The number of fused-ring (bicyclic) bond motifs is 1. The van der Waals surface area contributed by atoms with E-state index in [4.69, 9.17) is 10.2 Å². The molecule has 17 heavy (non-hydrogen) atoms. The van der Waals surface area contributed by atoms with E-state index in [0.29, 0.717) is 22.8 Å². The van der Waals surface area contributed by atoms with Crippen molar-refractivity contribution in [2.75, 3.05) is 11.1 Å². The van der Waals surface area contributed by atoms with Gasteiger partial charge in [-0.25, -0.2) is 4.79 Å². The number of hydrogen-bond donors (Lipinski definition) is 3. The van der Waals surface area contributed by atoms with Crippen molar-refractivity contribution in [2.45, 2.75) is 25.8 Å². The SMILES string of the molecule is CC1CC(Nc2cc3[nH]c(=O)oc3cc2N)C1. The number of anilines is 2. The van der Waals surface area contributed by atoms with Crippen LogP contribution in [0.15, 0.2) is 21.3 Å². The number of oxazole rings is 1. The number of benzene rings is 1. The van der Waals surface area contributed by atoms with Gasteiger partial charge in [0.1, 0.15) is 0 Å². The minimum Gasteiger partial charge on any atom is -0.408 e. The van der Waals surface area contributed by atoms with Crippen LogP contribution < -0.4 is 16.8 Å². The molecule has 0 bridgehead atoms. The third kappa shape index (κ3) is 1.77. The fraction of sp³-hybridized carbons (Fsp3) is 0.417. The second-order valence-electron chi connectivity index (χ2n) is 4.87. The zero-order valence-electron chi connectivity index (χ0n) is 9.62. The summed E-state index contributed by atoms with van der Waals surface area (Å²) >= 11 is 0. The summed E-state index contributed by atoms with van der Waals surface area (Å²) in [6.07, 6.45) is 2.33. The van der Waals surface area contributed by atoms with Crippen LogP contribution >= 0.6 is 0 Å². The second-order valence-corrected chi connectivity index (χ2v) is 4.87. The Bertz CT molecular complexity index is 608. The Hall–Kier alpha value is -1.91. The highest BCUT2D eigenvalue weighted by molar-refractivity contribution is 5.85. The van der Waals surface area contributed by atoms with Crippen molar-refractivity contribution in [1.29, 1.82) is 0 Å². The van der Waals surface area contributed by atoms with Crippen molar-refractivity contribution >= 4 is 22.5 Å². The number of nitrogen functional groups attached to an aromatic ring is 1. The van der Waals surface area contributed by atoms with Crippen LogP contribution in [0.1, 0.15) is 19.8 Å². The van der Waals surface area contributed by atoms with Gasteiger partial charge in [0.25, 0.3) is 0 Å². The van der Waals surface area contributed by atoms with E-state index in [2.05, 4.69) is 17.2 Å². The lowest BCUT2D eigenvalue weighted by molar-refractivity contribution is 0.309. The molecule has 1 aliphatic rings. The zero-order chi connectivity index (χ0) is 12.0. The summed E-state index contributed by atoms with van der Waals surface area (Å²) < 4.78 is 4.95. The molecule has 1 aromatic carbocycles. The minimum absolute atomic E-state index is 0.450. The number of aromatic nitrogens is 1. The summed E-state index contributed by atoms with van der Waals surface area (Å²) in [5.74, 6) is 0.333. The Balaban J connectivity index is 1.92. The van der Waals surface area contributed by atoms with Crippen LogP contribution in [-0.2, 0) is 0 Å². The van der Waals surface area contributed by atoms with Gasteiger partial charge in [-0.3, -0.25) is 4.98 Å². The van der Waals surface area contributed by atoms with Gasteiger partial charge in [-0.05, 0) is 24.8 Å². The first-order valence-corrected chi connectivity index (χ1v) is 5.80. The molecule has 1 heterocycles. The molecule has 3 rings (SSSR count). The zero-order valence-corrected chi connectivity index (χ0v) is 9.62. The Morgan fingerprint density at radius 3 is 2.94 bits per heavy atom. The lowest BCUT2D eigenvalue weighted by Crippen LogP contribution is -2.33. The van der Waals surface area contributed by atoms with E-state index in [1.54, 1.807) is 6.07 Å². The Labute approximate surface area is 98.0 Å². The summed E-state index contributed by atoms with van der Waals surface area (Å²) in [7, 11) is 0. The summed E-state index contributed by atoms with van der Waals surface area (Å²) in [5, 5.41) is 3.39. The molecule has 1 fully saturated rings. The van der Waals surface area contributed by atoms with Gasteiger partial charge in [-0.1, -0.05) is 6.92 Å². The third-order valence-corrected chi connectivity index (χ3v) is 3.32. The first kappa shape index (κ1) is 10.3. The molecular formula is C12H15N3O2. The van der Waals surface area contributed by atoms with Crippen molar-refractivity contribution in [3.63, 3.8) is 0 Å². The third-order valence-electron chi connectivity index (χ3n) is 3.32. The molecule has 2 aromatic rings. The van der Waals surface area contributed by atoms with E-state index in [9.17, 15) is 4.79 Å². The fourth-order valence-electron chi connectivity index (χ4n) is 2.38. The molecule has 0 spiro atoms. The number of rotatable bonds is 2. The quantitative estimate of drug-likeness (QED) is 0.692. The highest BCUT2D eigenvalue weighted by atomic mass is 16.4. The van der Waals surface area contributed by atoms with Crippen LogP contribution in [0.3, 0.4) is 0 Å². The molecule has 0 amide bonds. The topological polar surface area (TPSA) is 84.0 Å². The van der Waals surface area contributed by atoms with Crippen molar-refractivity contribution in [3.05, 3.63) is 22.7 Å². The lowest BCUT2D eigenvalue weighted by Gasteiger charge is -2.34. The molecule has 0 atom stereocenters. The van der Waals surface area contributed by atoms with Crippen LogP contribution in [0.4, 0.5) is 11.4 Å². The maximum Gasteiger partial charge on any atom is 0.417 e. The van der Waals surface area contributed by atoms with Gasteiger partial charge in [-0.2, -0.15) is 0 Å². The van der Waals surface area contributed by atoms with Gasteiger partial charge < -0.3 is 15.5 Å². The molecule has 1 aromatic heterocycles. The predicted octanol–water partition coefficient (Wildman–Crippen LogP) is 1.91. The number of nitrogens with one attached hydrogen (secondary N) is 2. The molecule has 0 aliphatic heterocycles. The molecule has 5 nitrogen and oxygen atoms in total. The van der Waals surface area contributed by atoms with E-state index < -0.39 is 5.76 Å². The molecule has 0 unspecified atom stereocenters. The molecule has 0 saturated heterocycles. The van der Waals surface area contributed by atoms with Gasteiger partial charge in [0, 0.05) is 12.1 Å². The number of H-pyrrole nitrogens is 1. The average molecular weight is 233 g/mol. The molecule has 5 heteroatoms. The Kier molecular flexibility index (Phi) is 2.14. The molecule has 90 valence electrons. The normalized spacial score (nSPS) is 23.6. The molecule has 1 saturated carbocycles. The van der Waals surface area contributed by atoms with E-state index >= 15 is 0 Å². The second kappa shape index (κ2) is 3.55. The van der Waals surface area contributed by atoms with Crippen LogP contribution in [0.25, 0.3) is 11.1 Å². The van der Waals surface area contributed by atoms with Crippen molar-refractivity contribution in [2.24, 2.45) is 5.92 Å². The van der Waals surface area contributed by atoms with E-state index in [0.717, 1.165) is 11.6 Å². The smallest absolute Gasteiger partial charge is 0.408 e. The molecular weight excluding hydrogens is 218 g/mol. The first-order valence-electron chi connectivity index (χ1n) is 5.80. The minimum atomic E-state index is -0.450.